The molecule has 0 saturated carbocycles. The molecular formula is C21H20O5. The maximum Gasteiger partial charge on any atom is 0.311 e. The number of ketones is 2. The van der Waals surface area contributed by atoms with E-state index < -0.39 is 17.5 Å². The van der Waals surface area contributed by atoms with Crippen LogP contribution in [0, 0.1) is 0 Å². The zero-order chi connectivity index (χ0) is 18.7. The largest absolute Gasteiger partial charge is 0.504 e. The first kappa shape index (κ1) is 17.9. The number of benzene rings is 2. The highest BCUT2D eigenvalue weighted by Gasteiger charge is 2.33. The highest BCUT2D eigenvalue weighted by atomic mass is 16.5. The average Bonchev–Trinajstić information content (AvgIpc) is 2.65. The Morgan fingerprint density at radius 1 is 0.923 bits per heavy atom. The maximum atomic E-state index is 12.7. The summed E-state index contributed by atoms with van der Waals surface area (Å²) in [4.78, 5) is 37.2. The SMILES string of the molecule is CCCCCCC(=O)Oc1ccc2c(c1O)C(=O)c1ccccc1C2=O. The Bertz CT molecular complexity index is 882. The number of phenolic OH excluding ortho intramolecular Hbond substituents is 1. The number of hydrogen-bond donors (Lipinski definition) is 1. The smallest absolute Gasteiger partial charge is 0.311 e. The third-order valence-corrected chi connectivity index (χ3v) is 4.49. The molecule has 0 saturated heterocycles. The molecule has 1 N–H and O–H groups in total. The van der Waals surface area contributed by atoms with Crippen molar-refractivity contribution in [3.8, 4) is 11.5 Å². The van der Waals surface area contributed by atoms with Gasteiger partial charge >= 0.3 is 5.97 Å². The standard InChI is InChI=1S/C21H20O5/c1-2-3-4-5-10-17(22)26-16-12-11-15-18(21(16)25)20(24)14-9-7-6-8-13(14)19(15)23/h6-9,11-12,25H,2-5,10H2,1H3. The lowest BCUT2D eigenvalue weighted by atomic mass is 9.83. The first-order valence-electron chi connectivity index (χ1n) is 8.79. The van der Waals surface area contributed by atoms with Gasteiger partial charge in [-0.15, -0.1) is 0 Å². The fraction of sp³-hybridized carbons (Fsp3) is 0.286. The van der Waals surface area contributed by atoms with Crippen LogP contribution in [-0.2, 0) is 4.79 Å². The molecule has 0 bridgehead atoms. The maximum absolute atomic E-state index is 12.7. The van der Waals surface area contributed by atoms with Crippen LogP contribution in [0.25, 0.3) is 0 Å². The number of fused-ring (bicyclic) bond motifs is 2. The number of phenols is 1. The van der Waals surface area contributed by atoms with E-state index in [1.165, 1.54) is 12.1 Å². The quantitative estimate of drug-likeness (QED) is 0.411. The van der Waals surface area contributed by atoms with Gasteiger partial charge < -0.3 is 9.84 Å². The number of ether oxygens (including phenoxy) is 1. The molecule has 1 aliphatic rings. The van der Waals surface area contributed by atoms with Gasteiger partial charge in [0.2, 0.25) is 0 Å². The summed E-state index contributed by atoms with van der Waals surface area (Å²) < 4.78 is 5.21. The van der Waals surface area contributed by atoms with Crippen molar-refractivity contribution in [1.82, 2.24) is 0 Å². The molecule has 2 aromatic rings. The van der Waals surface area contributed by atoms with Gasteiger partial charge in [-0.2, -0.15) is 0 Å². The number of unbranched alkanes of at least 4 members (excludes halogenated alkanes) is 3. The minimum Gasteiger partial charge on any atom is -0.504 e. The molecule has 3 rings (SSSR count). The predicted molar refractivity (Wildman–Crippen MR) is 95.8 cm³/mol. The van der Waals surface area contributed by atoms with Crippen molar-refractivity contribution in [2.45, 2.75) is 39.0 Å². The van der Waals surface area contributed by atoms with E-state index in [4.69, 9.17) is 4.74 Å². The Balaban J connectivity index is 1.85. The average molecular weight is 352 g/mol. The van der Waals surface area contributed by atoms with Gasteiger partial charge in [0, 0.05) is 23.1 Å². The van der Waals surface area contributed by atoms with Gasteiger partial charge in [-0.3, -0.25) is 14.4 Å². The molecule has 26 heavy (non-hydrogen) atoms. The molecule has 0 aliphatic heterocycles. The van der Waals surface area contributed by atoms with Crippen LogP contribution in [0.1, 0.15) is 70.9 Å². The highest BCUT2D eigenvalue weighted by Crippen LogP contribution is 2.38. The third-order valence-electron chi connectivity index (χ3n) is 4.49. The first-order valence-corrected chi connectivity index (χ1v) is 8.79. The van der Waals surface area contributed by atoms with E-state index in [0.717, 1.165) is 19.3 Å². The van der Waals surface area contributed by atoms with Crippen LogP contribution in [0.4, 0.5) is 0 Å². The van der Waals surface area contributed by atoms with Crippen molar-refractivity contribution < 1.29 is 24.2 Å². The van der Waals surface area contributed by atoms with Crippen LogP contribution < -0.4 is 4.74 Å². The van der Waals surface area contributed by atoms with Crippen LogP contribution in [0.2, 0.25) is 0 Å². The third kappa shape index (κ3) is 3.25. The number of aromatic hydroxyl groups is 1. The summed E-state index contributed by atoms with van der Waals surface area (Å²) in [6.45, 7) is 2.08. The minimum absolute atomic E-state index is 0.0928. The van der Waals surface area contributed by atoms with Crippen molar-refractivity contribution in [1.29, 1.82) is 0 Å². The Kier molecular flexibility index (Phi) is 5.16. The van der Waals surface area contributed by atoms with E-state index in [-0.39, 0.29) is 34.6 Å². The summed E-state index contributed by atoms with van der Waals surface area (Å²) in [5.74, 6) is -1.80. The molecule has 134 valence electrons. The van der Waals surface area contributed by atoms with Crippen LogP contribution in [0.3, 0.4) is 0 Å². The molecule has 5 heteroatoms. The lowest BCUT2D eigenvalue weighted by Gasteiger charge is -2.19. The van der Waals surface area contributed by atoms with E-state index in [1.807, 2.05) is 0 Å². The summed E-state index contributed by atoms with van der Waals surface area (Å²) in [6, 6.07) is 9.25. The van der Waals surface area contributed by atoms with E-state index in [1.54, 1.807) is 24.3 Å². The van der Waals surface area contributed by atoms with E-state index >= 15 is 0 Å². The van der Waals surface area contributed by atoms with Crippen LogP contribution in [0.5, 0.6) is 11.5 Å². The number of carbonyl (C=O) groups excluding carboxylic acids is 3. The summed E-state index contributed by atoms with van der Waals surface area (Å²) in [5, 5.41) is 10.5. The van der Waals surface area contributed by atoms with Crippen LogP contribution in [0.15, 0.2) is 36.4 Å². The van der Waals surface area contributed by atoms with Crippen LogP contribution in [-0.4, -0.2) is 22.6 Å². The van der Waals surface area contributed by atoms with Gasteiger partial charge in [0.15, 0.2) is 23.1 Å². The molecule has 0 unspecified atom stereocenters. The number of rotatable bonds is 6. The Labute approximate surface area is 151 Å². The van der Waals surface area contributed by atoms with Gasteiger partial charge in [-0.1, -0.05) is 50.5 Å². The second-order valence-electron chi connectivity index (χ2n) is 6.32. The summed E-state index contributed by atoms with van der Waals surface area (Å²) in [6.07, 6.45) is 4.01. The topological polar surface area (TPSA) is 80.7 Å². The normalized spacial score (nSPS) is 12.5. The Hall–Kier alpha value is -2.95. The van der Waals surface area contributed by atoms with Gasteiger partial charge in [0.25, 0.3) is 0 Å². The molecule has 0 atom stereocenters. The second kappa shape index (κ2) is 7.52. The zero-order valence-corrected chi connectivity index (χ0v) is 14.6. The zero-order valence-electron chi connectivity index (χ0n) is 14.6. The lowest BCUT2D eigenvalue weighted by molar-refractivity contribution is -0.134. The van der Waals surface area contributed by atoms with Crippen molar-refractivity contribution in [2.24, 2.45) is 0 Å². The van der Waals surface area contributed by atoms with Crippen molar-refractivity contribution >= 4 is 17.5 Å². The number of hydrogen-bond acceptors (Lipinski definition) is 5. The first-order chi connectivity index (χ1) is 12.5. The highest BCUT2D eigenvalue weighted by molar-refractivity contribution is 6.29. The molecule has 0 fully saturated rings. The van der Waals surface area contributed by atoms with Crippen molar-refractivity contribution in [3.63, 3.8) is 0 Å². The fourth-order valence-corrected chi connectivity index (χ4v) is 3.10. The van der Waals surface area contributed by atoms with E-state index in [9.17, 15) is 19.5 Å². The van der Waals surface area contributed by atoms with Gasteiger partial charge in [-0.05, 0) is 18.6 Å². The second-order valence-corrected chi connectivity index (χ2v) is 6.32. The molecule has 0 radical (unpaired) electrons. The summed E-state index contributed by atoms with van der Waals surface area (Å²) in [7, 11) is 0. The monoisotopic (exact) mass is 352 g/mol. The van der Waals surface area contributed by atoms with Crippen molar-refractivity contribution in [2.75, 3.05) is 0 Å². The summed E-state index contributed by atoms with van der Waals surface area (Å²) >= 11 is 0. The fourth-order valence-electron chi connectivity index (χ4n) is 3.10. The lowest BCUT2D eigenvalue weighted by Crippen LogP contribution is -2.21. The molecule has 1 aliphatic carbocycles. The summed E-state index contributed by atoms with van der Waals surface area (Å²) in [5.41, 5.74) is 0.562. The predicted octanol–water partition coefficient (Wildman–Crippen LogP) is 4.04. The molecule has 2 aromatic carbocycles. The number of carbonyl (C=O) groups is 3. The molecule has 0 spiro atoms. The minimum atomic E-state index is -0.466. The van der Waals surface area contributed by atoms with E-state index in [2.05, 4.69) is 6.92 Å². The molecule has 5 nitrogen and oxygen atoms in total. The van der Waals surface area contributed by atoms with Crippen molar-refractivity contribution in [3.05, 3.63) is 58.7 Å². The van der Waals surface area contributed by atoms with Gasteiger partial charge in [0.05, 0.1) is 5.56 Å². The molecule has 0 heterocycles. The molecule has 0 amide bonds. The molecule has 0 aromatic heterocycles. The van der Waals surface area contributed by atoms with E-state index in [0.29, 0.717) is 12.0 Å². The Morgan fingerprint density at radius 2 is 1.62 bits per heavy atom. The van der Waals surface area contributed by atoms with Crippen LogP contribution >= 0.6 is 0 Å². The van der Waals surface area contributed by atoms with Gasteiger partial charge in [0.1, 0.15) is 0 Å². The molecular weight excluding hydrogens is 332 g/mol. The van der Waals surface area contributed by atoms with Gasteiger partial charge in [-0.25, -0.2) is 0 Å². The number of esters is 1. The Morgan fingerprint density at radius 3 is 2.31 bits per heavy atom.